The van der Waals surface area contributed by atoms with Gasteiger partial charge in [0.25, 0.3) is 0 Å². The van der Waals surface area contributed by atoms with Gasteiger partial charge in [-0.05, 0) is 31.2 Å². The Morgan fingerprint density at radius 2 is 2.19 bits per heavy atom. The van der Waals surface area contributed by atoms with Crippen LogP contribution in [0.2, 0.25) is 4.34 Å². The molecule has 0 atom stereocenters. The number of ether oxygens (including phenoxy) is 1. The van der Waals surface area contributed by atoms with Crippen molar-refractivity contribution in [3.63, 3.8) is 0 Å². The molecule has 0 aromatic carbocycles. The minimum Gasteiger partial charge on any atom is -0.461 e. The molecular weight excluding hydrogens is 398 g/mol. The molecular formula is C16H14ClN3O4S2. The van der Waals surface area contributed by atoms with Crippen molar-refractivity contribution in [3.05, 3.63) is 39.7 Å². The average molecular weight is 412 g/mol. The topological polar surface area (TPSA) is 87.2 Å². The van der Waals surface area contributed by atoms with Gasteiger partial charge in [0.15, 0.2) is 23.3 Å². The Hall–Kier alpha value is -2.10. The molecule has 0 radical (unpaired) electrons. The molecule has 3 aromatic heterocycles. The van der Waals surface area contributed by atoms with Crippen molar-refractivity contribution in [1.29, 1.82) is 0 Å². The number of carbonyl (C=O) groups is 2. The number of thiophene rings is 1. The van der Waals surface area contributed by atoms with E-state index in [0.717, 1.165) is 11.3 Å². The summed E-state index contributed by atoms with van der Waals surface area (Å²) in [6.45, 7) is 2.26. The fraction of sp³-hybridized carbons (Fsp3) is 0.250. The van der Waals surface area contributed by atoms with Crippen LogP contribution >= 0.6 is 34.7 Å². The van der Waals surface area contributed by atoms with Crippen LogP contribution in [0.4, 0.5) is 0 Å². The van der Waals surface area contributed by atoms with Crippen LogP contribution in [-0.4, -0.2) is 38.9 Å². The van der Waals surface area contributed by atoms with Gasteiger partial charge in [-0.25, -0.2) is 0 Å². The number of halogens is 1. The maximum Gasteiger partial charge on any atom is 0.316 e. The largest absolute Gasteiger partial charge is 0.461 e. The predicted octanol–water partition coefficient (Wildman–Crippen LogP) is 3.79. The first-order chi connectivity index (χ1) is 12.6. The van der Waals surface area contributed by atoms with Crippen LogP contribution < -0.4 is 0 Å². The number of nitrogens with zero attached hydrogens (tertiary/aromatic N) is 3. The number of hydrogen-bond acceptors (Lipinski definition) is 8. The smallest absolute Gasteiger partial charge is 0.316 e. The Bertz CT molecular complexity index is 905. The molecule has 136 valence electrons. The third kappa shape index (κ3) is 4.35. The molecule has 0 saturated heterocycles. The molecule has 10 heteroatoms. The second-order valence-corrected chi connectivity index (χ2v) is 7.66. The second-order valence-electron chi connectivity index (χ2n) is 5.00. The van der Waals surface area contributed by atoms with Gasteiger partial charge in [-0.2, -0.15) is 0 Å². The molecule has 0 aliphatic rings. The highest BCUT2D eigenvalue weighted by Gasteiger charge is 2.17. The Morgan fingerprint density at radius 3 is 2.85 bits per heavy atom. The summed E-state index contributed by atoms with van der Waals surface area (Å²) in [6.07, 6.45) is 1.56. The zero-order valence-corrected chi connectivity index (χ0v) is 16.1. The Kier molecular flexibility index (Phi) is 6.12. The number of rotatable bonds is 8. The van der Waals surface area contributed by atoms with Gasteiger partial charge in [-0.1, -0.05) is 23.4 Å². The fourth-order valence-electron chi connectivity index (χ4n) is 2.12. The van der Waals surface area contributed by atoms with E-state index in [1.807, 2.05) is 11.5 Å². The van der Waals surface area contributed by atoms with Crippen LogP contribution in [0.25, 0.3) is 11.6 Å². The van der Waals surface area contributed by atoms with Crippen molar-refractivity contribution in [2.75, 3.05) is 12.4 Å². The van der Waals surface area contributed by atoms with Crippen molar-refractivity contribution in [2.45, 2.75) is 18.6 Å². The van der Waals surface area contributed by atoms with Crippen LogP contribution in [0.5, 0.6) is 0 Å². The van der Waals surface area contributed by atoms with Crippen LogP contribution in [0, 0.1) is 0 Å². The molecule has 0 amide bonds. The summed E-state index contributed by atoms with van der Waals surface area (Å²) >= 11 is 8.13. The summed E-state index contributed by atoms with van der Waals surface area (Å²) in [7, 11) is 0. The molecule has 0 aliphatic heterocycles. The van der Waals surface area contributed by atoms with E-state index in [1.165, 1.54) is 11.8 Å². The lowest BCUT2D eigenvalue weighted by molar-refractivity contribution is -0.139. The number of ketones is 1. The molecule has 3 heterocycles. The van der Waals surface area contributed by atoms with Crippen molar-refractivity contribution in [2.24, 2.45) is 0 Å². The minimum atomic E-state index is -0.504. The molecule has 0 N–H and O–H groups in total. The summed E-state index contributed by atoms with van der Waals surface area (Å²) in [4.78, 5) is 24.3. The molecule has 3 aromatic rings. The van der Waals surface area contributed by atoms with Crippen LogP contribution in [0.1, 0.15) is 16.6 Å². The monoisotopic (exact) mass is 411 g/mol. The van der Waals surface area contributed by atoms with Gasteiger partial charge in [0.2, 0.25) is 5.78 Å². The zero-order chi connectivity index (χ0) is 18.5. The third-order valence-corrected chi connectivity index (χ3v) is 5.52. The summed E-state index contributed by atoms with van der Waals surface area (Å²) in [5.41, 5.74) is 0. The normalized spacial score (nSPS) is 10.8. The highest BCUT2D eigenvalue weighted by atomic mass is 35.5. The van der Waals surface area contributed by atoms with E-state index in [2.05, 4.69) is 10.2 Å². The number of furan rings is 1. The van der Waals surface area contributed by atoms with Gasteiger partial charge in [-0.3, -0.25) is 14.2 Å². The number of aromatic nitrogens is 3. The molecule has 0 saturated carbocycles. The summed E-state index contributed by atoms with van der Waals surface area (Å²) < 4.78 is 12.7. The lowest BCUT2D eigenvalue weighted by atomic mass is 10.3. The lowest BCUT2D eigenvalue weighted by Gasteiger charge is -2.06. The predicted molar refractivity (Wildman–Crippen MR) is 98.7 cm³/mol. The molecule has 26 heavy (non-hydrogen) atoms. The van der Waals surface area contributed by atoms with Crippen molar-refractivity contribution in [3.8, 4) is 11.6 Å². The Balaban J connectivity index is 1.54. The molecule has 0 aliphatic carbocycles. The van der Waals surface area contributed by atoms with E-state index >= 15 is 0 Å². The minimum absolute atomic E-state index is 0.0226. The number of hydrogen-bond donors (Lipinski definition) is 0. The van der Waals surface area contributed by atoms with Crippen molar-refractivity contribution >= 4 is 46.5 Å². The Labute approximate surface area is 162 Å². The molecule has 0 spiro atoms. The molecule has 7 nitrogen and oxygen atoms in total. The van der Waals surface area contributed by atoms with Crippen LogP contribution in [-0.2, 0) is 16.1 Å². The van der Waals surface area contributed by atoms with E-state index in [1.54, 1.807) is 30.5 Å². The van der Waals surface area contributed by atoms with Gasteiger partial charge in [0, 0.05) is 6.54 Å². The fourth-order valence-corrected chi connectivity index (χ4v) is 3.88. The van der Waals surface area contributed by atoms with Gasteiger partial charge in [0.05, 0.1) is 21.2 Å². The molecule has 0 fully saturated rings. The van der Waals surface area contributed by atoms with E-state index in [0.29, 0.717) is 32.5 Å². The second kappa shape index (κ2) is 8.52. The number of esters is 1. The number of Topliss-reactive ketones (excluding diaryl/α,β-unsaturated/α-hetero) is 1. The zero-order valence-electron chi connectivity index (χ0n) is 13.7. The maximum atomic E-state index is 11.9. The van der Waals surface area contributed by atoms with Gasteiger partial charge >= 0.3 is 5.97 Å². The van der Waals surface area contributed by atoms with E-state index < -0.39 is 5.97 Å². The standard InChI is InChI=1S/C16H14ClN3O4S2/c1-2-20-15(11-4-3-7-23-11)18-19-16(20)25-9-14(22)24-8-10(21)12-5-6-13(17)26-12/h3-7H,2,8-9H2,1H3. The van der Waals surface area contributed by atoms with Gasteiger partial charge in [0.1, 0.15) is 0 Å². The van der Waals surface area contributed by atoms with Gasteiger partial charge in [-0.15, -0.1) is 21.5 Å². The first-order valence-electron chi connectivity index (χ1n) is 7.62. The lowest BCUT2D eigenvalue weighted by Crippen LogP contribution is -2.15. The van der Waals surface area contributed by atoms with Crippen LogP contribution in [0.15, 0.2) is 40.1 Å². The molecule has 0 bridgehead atoms. The third-order valence-electron chi connectivity index (χ3n) is 3.31. The molecule has 0 unspecified atom stereocenters. The summed E-state index contributed by atoms with van der Waals surface area (Å²) in [5, 5.41) is 8.77. The van der Waals surface area contributed by atoms with Gasteiger partial charge < -0.3 is 9.15 Å². The maximum absolute atomic E-state index is 11.9. The van der Waals surface area contributed by atoms with E-state index in [4.69, 9.17) is 20.8 Å². The first kappa shape index (κ1) is 18.7. The SMILES string of the molecule is CCn1c(SCC(=O)OCC(=O)c2ccc(Cl)s2)nnc1-c1ccco1. The van der Waals surface area contributed by atoms with Crippen LogP contribution in [0.3, 0.4) is 0 Å². The highest BCUT2D eigenvalue weighted by molar-refractivity contribution is 7.99. The average Bonchev–Trinajstić information content (AvgIpc) is 3.37. The Morgan fingerprint density at radius 1 is 1.35 bits per heavy atom. The van der Waals surface area contributed by atoms with Crippen molar-refractivity contribution < 1.29 is 18.7 Å². The van der Waals surface area contributed by atoms with E-state index in [-0.39, 0.29) is 18.1 Å². The summed E-state index contributed by atoms with van der Waals surface area (Å²) in [5.74, 6) is 0.440. The molecule has 3 rings (SSSR count). The van der Waals surface area contributed by atoms with E-state index in [9.17, 15) is 9.59 Å². The summed E-state index contributed by atoms with van der Waals surface area (Å²) in [6, 6.07) is 6.80. The highest BCUT2D eigenvalue weighted by Crippen LogP contribution is 2.24. The quantitative estimate of drug-likeness (QED) is 0.316. The number of thioether (sulfide) groups is 1. The first-order valence-corrected chi connectivity index (χ1v) is 9.80. The number of carbonyl (C=O) groups excluding carboxylic acids is 2. The van der Waals surface area contributed by atoms with Crippen molar-refractivity contribution in [1.82, 2.24) is 14.8 Å².